The van der Waals surface area contributed by atoms with E-state index < -0.39 is 23.5 Å². The topological polar surface area (TPSA) is 87.7 Å². The third-order valence-corrected chi connectivity index (χ3v) is 6.95. The van der Waals surface area contributed by atoms with E-state index in [0.29, 0.717) is 25.9 Å². The van der Waals surface area contributed by atoms with Crippen LogP contribution in [0.1, 0.15) is 31.9 Å². The van der Waals surface area contributed by atoms with Crippen LogP contribution in [0.25, 0.3) is 0 Å². The second-order valence-corrected chi connectivity index (χ2v) is 11.8. The van der Waals surface area contributed by atoms with E-state index in [0.717, 1.165) is 20.1 Å². The SMILES string of the molecule is CC(C)(C)OC(=O)N1C[C@@H](C(=O)NCCc2ccc(Br)cc2)[C@H](C(=O)NCCc2ccc(Br)cc2)C1. The van der Waals surface area contributed by atoms with E-state index in [1.165, 1.54) is 4.90 Å². The fourth-order valence-corrected chi connectivity index (χ4v) is 4.56. The summed E-state index contributed by atoms with van der Waals surface area (Å²) in [7, 11) is 0. The van der Waals surface area contributed by atoms with Crippen molar-refractivity contribution in [2.45, 2.75) is 39.2 Å². The number of nitrogens with one attached hydrogen (secondary N) is 2. The fourth-order valence-electron chi connectivity index (χ4n) is 4.04. The second kappa shape index (κ2) is 12.7. The largest absolute Gasteiger partial charge is 0.444 e. The van der Waals surface area contributed by atoms with Gasteiger partial charge in [-0.2, -0.15) is 0 Å². The number of halogens is 2. The van der Waals surface area contributed by atoms with E-state index in [9.17, 15) is 14.4 Å². The quantitative estimate of drug-likeness (QED) is 0.446. The van der Waals surface area contributed by atoms with E-state index >= 15 is 0 Å². The van der Waals surface area contributed by atoms with Crippen molar-refractivity contribution in [3.63, 3.8) is 0 Å². The van der Waals surface area contributed by atoms with E-state index in [-0.39, 0.29) is 24.9 Å². The summed E-state index contributed by atoms with van der Waals surface area (Å²) in [6.07, 6.45) is 0.831. The van der Waals surface area contributed by atoms with Crippen LogP contribution in [0.4, 0.5) is 4.79 Å². The zero-order chi connectivity index (χ0) is 26.3. The number of carbonyl (C=O) groups excluding carboxylic acids is 3. The maximum atomic E-state index is 13.1. The van der Waals surface area contributed by atoms with Crippen molar-refractivity contribution in [2.24, 2.45) is 11.8 Å². The highest BCUT2D eigenvalue weighted by Crippen LogP contribution is 2.26. The standard InChI is InChI=1S/C27H33Br2N3O4/c1-27(2,3)36-26(35)32-16-22(24(33)30-14-12-18-4-8-20(28)9-5-18)23(17-32)25(34)31-15-13-19-6-10-21(29)11-7-19/h4-11,22-23H,12-17H2,1-3H3,(H,30,33)(H,31,34)/t22-,23-/m1/s1. The van der Waals surface area contributed by atoms with Crippen molar-refractivity contribution in [1.29, 1.82) is 0 Å². The van der Waals surface area contributed by atoms with Gasteiger partial charge in [-0.05, 0) is 69.0 Å². The molecule has 0 aromatic heterocycles. The molecular formula is C27H33Br2N3O4. The molecule has 0 saturated carbocycles. The fraction of sp³-hybridized carbons (Fsp3) is 0.444. The molecule has 194 valence electrons. The lowest BCUT2D eigenvalue weighted by Gasteiger charge is -2.24. The van der Waals surface area contributed by atoms with Gasteiger partial charge in [0.15, 0.2) is 0 Å². The number of rotatable bonds is 8. The first kappa shape index (κ1) is 28.2. The number of likely N-dealkylation sites (tertiary alicyclic amines) is 1. The third kappa shape index (κ3) is 8.62. The van der Waals surface area contributed by atoms with Crippen LogP contribution < -0.4 is 10.6 Å². The molecule has 3 rings (SSSR count). The Balaban J connectivity index is 1.60. The Labute approximate surface area is 229 Å². The summed E-state index contributed by atoms with van der Waals surface area (Å²) in [5, 5.41) is 5.91. The normalized spacial score (nSPS) is 17.5. The Hall–Kier alpha value is -2.39. The molecule has 1 aliphatic heterocycles. The van der Waals surface area contributed by atoms with E-state index in [4.69, 9.17) is 4.74 Å². The number of nitrogens with zero attached hydrogens (tertiary/aromatic N) is 1. The lowest BCUT2D eigenvalue weighted by molar-refractivity contribution is -0.132. The van der Waals surface area contributed by atoms with Gasteiger partial charge >= 0.3 is 6.09 Å². The summed E-state index contributed by atoms with van der Waals surface area (Å²) in [6, 6.07) is 15.8. The van der Waals surface area contributed by atoms with Crippen molar-refractivity contribution in [2.75, 3.05) is 26.2 Å². The molecule has 9 heteroatoms. The van der Waals surface area contributed by atoms with Gasteiger partial charge in [0.2, 0.25) is 11.8 Å². The second-order valence-electron chi connectivity index (χ2n) is 9.93. The van der Waals surface area contributed by atoms with E-state index in [1.54, 1.807) is 20.8 Å². The van der Waals surface area contributed by atoms with Crippen molar-refractivity contribution < 1.29 is 19.1 Å². The molecule has 1 saturated heterocycles. The summed E-state index contributed by atoms with van der Waals surface area (Å²) < 4.78 is 7.49. The van der Waals surface area contributed by atoms with Gasteiger partial charge < -0.3 is 20.3 Å². The molecule has 0 spiro atoms. The Morgan fingerprint density at radius 3 is 1.56 bits per heavy atom. The van der Waals surface area contributed by atoms with Gasteiger partial charge in [-0.1, -0.05) is 56.1 Å². The van der Waals surface area contributed by atoms with Crippen LogP contribution >= 0.6 is 31.9 Å². The lowest BCUT2D eigenvalue weighted by atomic mass is 9.94. The van der Waals surface area contributed by atoms with E-state index in [1.807, 2.05) is 48.5 Å². The van der Waals surface area contributed by atoms with Crippen LogP contribution in [0, 0.1) is 11.8 Å². The van der Waals surface area contributed by atoms with Gasteiger partial charge in [0.25, 0.3) is 0 Å². The Kier molecular flexibility index (Phi) is 9.96. The molecule has 2 aromatic carbocycles. The highest BCUT2D eigenvalue weighted by atomic mass is 79.9. The van der Waals surface area contributed by atoms with Crippen LogP contribution in [0.2, 0.25) is 0 Å². The number of hydrogen-bond acceptors (Lipinski definition) is 4. The van der Waals surface area contributed by atoms with Gasteiger partial charge in [0.1, 0.15) is 5.60 Å². The van der Waals surface area contributed by atoms with Crippen LogP contribution in [0.3, 0.4) is 0 Å². The molecule has 0 aliphatic carbocycles. The summed E-state index contributed by atoms with van der Waals surface area (Å²) in [5.41, 5.74) is 1.54. The van der Waals surface area contributed by atoms with Gasteiger partial charge in [-0.3, -0.25) is 9.59 Å². The van der Waals surface area contributed by atoms with Crippen molar-refractivity contribution in [3.05, 3.63) is 68.6 Å². The average Bonchev–Trinajstić information content (AvgIpc) is 3.27. The highest BCUT2D eigenvalue weighted by molar-refractivity contribution is 9.10. The van der Waals surface area contributed by atoms with Crippen LogP contribution in [0.5, 0.6) is 0 Å². The zero-order valence-electron chi connectivity index (χ0n) is 20.9. The maximum absolute atomic E-state index is 13.1. The Morgan fingerprint density at radius 2 is 1.19 bits per heavy atom. The van der Waals surface area contributed by atoms with Crippen molar-refractivity contribution in [1.82, 2.24) is 15.5 Å². The number of carbonyl (C=O) groups is 3. The molecule has 7 nitrogen and oxygen atoms in total. The molecular weight excluding hydrogens is 590 g/mol. The molecule has 0 bridgehead atoms. The number of hydrogen-bond donors (Lipinski definition) is 2. The number of amides is 3. The summed E-state index contributed by atoms with van der Waals surface area (Å²) in [5.74, 6) is -1.75. The maximum Gasteiger partial charge on any atom is 0.410 e. The highest BCUT2D eigenvalue weighted by Gasteiger charge is 2.44. The summed E-state index contributed by atoms with van der Waals surface area (Å²) in [6.45, 7) is 6.55. The zero-order valence-corrected chi connectivity index (χ0v) is 24.0. The predicted molar refractivity (Wildman–Crippen MR) is 146 cm³/mol. The lowest BCUT2D eigenvalue weighted by Crippen LogP contribution is -2.42. The summed E-state index contributed by atoms with van der Waals surface area (Å²) in [4.78, 5) is 40.4. The predicted octanol–water partition coefficient (Wildman–Crippen LogP) is 4.71. The molecule has 0 radical (unpaired) electrons. The molecule has 1 aliphatic rings. The first-order chi connectivity index (χ1) is 17.0. The van der Waals surface area contributed by atoms with Gasteiger partial charge in [0, 0.05) is 35.1 Å². The molecule has 2 aromatic rings. The van der Waals surface area contributed by atoms with Gasteiger partial charge in [-0.15, -0.1) is 0 Å². The van der Waals surface area contributed by atoms with Crippen LogP contribution in [0.15, 0.2) is 57.5 Å². The molecule has 2 atom stereocenters. The monoisotopic (exact) mass is 621 g/mol. The number of benzene rings is 2. The molecule has 2 N–H and O–H groups in total. The van der Waals surface area contributed by atoms with Gasteiger partial charge in [0.05, 0.1) is 11.8 Å². The summed E-state index contributed by atoms with van der Waals surface area (Å²) >= 11 is 6.84. The molecule has 1 heterocycles. The minimum atomic E-state index is -0.662. The average molecular weight is 623 g/mol. The van der Waals surface area contributed by atoms with Crippen molar-refractivity contribution >= 4 is 49.8 Å². The van der Waals surface area contributed by atoms with E-state index in [2.05, 4.69) is 42.5 Å². The minimum Gasteiger partial charge on any atom is -0.444 e. The first-order valence-electron chi connectivity index (χ1n) is 12.0. The molecule has 0 unspecified atom stereocenters. The molecule has 3 amide bonds. The molecule has 1 fully saturated rings. The van der Waals surface area contributed by atoms with Crippen LogP contribution in [-0.2, 0) is 27.2 Å². The third-order valence-electron chi connectivity index (χ3n) is 5.90. The smallest absolute Gasteiger partial charge is 0.410 e. The first-order valence-corrected chi connectivity index (χ1v) is 13.6. The Morgan fingerprint density at radius 1 is 0.806 bits per heavy atom. The van der Waals surface area contributed by atoms with Gasteiger partial charge in [-0.25, -0.2) is 4.79 Å². The number of ether oxygens (including phenoxy) is 1. The van der Waals surface area contributed by atoms with Crippen LogP contribution in [-0.4, -0.2) is 54.6 Å². The molecule has 36 heavy (non-hydrogen) atoms. The Bertz CT molecular complexity index is 981. The minimum absolute atomic E-state index is 0.143. The van der Waals surface area contributed by atoms with Crippen molar-refractivity contribution in [3.8, 4) is 0 Å².